The second kappa shape index (κ2) is 6.15. The predicted octanol–water partition coefficient (Wildman–Crippen LogP) is 2.31. The normalized spacial score (nSPS) is 17.3. The van der Waals surface area contributed by atoms with Gasteiger partial charge in [0.25, 0.3) is 0 Å². The van der Waals surface area contributed by atoms with Crippen molar-refractivity contribution in [3.8, 4) is 0 Å². The largest absolute Gasteiger partial charge is 0.330 e. The van der Waals surface area contributed by atoms with Crippen LogP contribution in [0.25, 0.3) is 0 Å². The number of nitrogens with two attached hydrogens (primary N) is 1. The van der Waals surface area contributed by atoms with E-state index >= 15 is 0 Å². The molecular weight excluding hydrogens is 212 g/mol. The van der Waals surface area contributed by atoms with Crippen LogP contribution >= 0.6 is 0 Å². The summed E-state index contributed by atoms with van der Waals surface area (Å²) in [5.41, 5.74) is 5.66. The molecule has 4 nitrogen and oxygen atoms in total. The highest BCUT2D eigenvalue weighted by Gasteiger charge is 2.26. The van der Waals surface area contributed by atoms with Crippen LogP contribution in [-0.2, 0) is 6.42 Å². The van der Waals surface area contributed by atoms with E-state index in [4.69, 9.17) is 5.73 Å². The zero-order valence-corrected chi connectivity index (χ0v) is 10.8. The molecule has 0 spiro atoms. The third kappa shape index (κ3) is 3.53. The van der Waals surface area contributed by atoms with Crippen LogP contribution in [0.2, 0.25) is 0 Å². The van der Waals surface area contributed by atoms with Gasteiger partial charge in [0.15, 0.2) is 0 Å². The van der Waals surface area contributed by atoms with E-state index in [-0.39, 0.29) is 0 Å². The van der Waals surface area contributed by atoms with Crippen molar-refractivity contribution in [2.45, 2.75) is 57.9 Å². The highest BCUT2D eigenvalue weighted by molar-refractivity contribution is 4.95. The zero-order chi connectivity index (χ0) is 12.1. The van der Waals surface area contributed by atoms with Crippen molar-refractivity contribution in [3.63, 3.8) is 0 Å². The summed E-state index contributed by atoms with van der Waals surface area (Å²) in [5.74, 6) is 1.93. The summed E-state index contributed by atoms with van der Waals surface area (Å²) in [5, 5.41) is 8.29. The minimum absolute atomic E-state index is 0.694. The Labute approximate surface area is 104 Å². The van der Waals surface area contributed by atoms with Gasteiger partial charge >= 0.3 is 0 Å². The van der Waals surface area contributed by atoms with E-state index in [1.165, 1.54) is 37.9 Å². The van der Waals surface area contributed by atoms with Gasteiger partial charge in [-0.15, -0.1) is 10.2 Å². The fraction of sp³-hybridized carbons (Fsp3) is 0.846. The molecule has 1 aliphatic rings. The number of aryl methyl sites for hydroxylation is 1. The van der Waals surface area contributed by atoms with Gasteiger partial charge < -0.3 is 10.3 Å². The van der Waals surface area contributed by atoms with Crippen molar-refractivity contribution in [2.24, 2.45) is 11.7 Å². The van der Waals surface area contributed by atoms with Crippen LogP contribution in [0.3, 0.4) is 0 Å². The quantitative estimate of drug-likeness (QED) is 0.753. The maximum absolute atomic E-state index is 5.66. The molecule has 2 rings (SSSR count). The van der Waals surface area contributed by atoms with Crippen molar-refractivity contribution < 1.29 is 0 Å². The second-order valence-corrected chi connectivity index (χ2v) is 5.16. The van der Waals surface area contributed by atoms with Crippen molar-refractivity contribution in [1.82, 2.24) is 14.8 Å². The van der Waals surface area contributed by atoms with Crippen LogP contribution < -0.4 is 5.73 Å². The lowest BCUT2D eigenvalue weighted by Gasteiger charge is -2.14. The first-order chi connectivity index (χ1) is 8.35. The molecular formula is C13H24N4. The van der Waals surface area contributed by atoms with E-state index in [0.29, 0.717) is 6.04 Å². The lowest BCUT2D eigenvalue weighted by molar-refractivity contribution is 0.414. The molecule has 0 aliphatic heterocycles. The highest BCUT2D eigenvalue weighted by Crippen LogP contribution is 2.35. The number of aromatic nitrogens is 3. The summed E-state index contributed by atoms with van der Waals surface area (Å²) < 4.78 is 2.27. The molecule has 0 aromatic carbocycles. The summed E-state index contributed by atoms with van der Waals surface area (Å²) in [6, 6.07) is 0.694. The van der Waals surface area contributed by atoms with Crippen LogP contribution in [0, 0.1) is 5.92 Å². The van der Waals surface area contributed by atoms with Crippen molar-refractivity contribution in [2.75, 3.05) is 6.54 Å². The Hall–Kier alpha value is -0.900. The molecule has 1 saturated carbocycles. The Kier molecular flexibility index (Phi) is 4.54. The standard InChI is InChI=1S/C13H24N4/c1-2-3-11(8-9-14)4-7-13-16-15-10-17(13)12-5-6-12/h10-12H,2-9,14H2,1H3. The van der Waals surface area contributed by atoms with Gasteiger partial charge in [0.1, 0.15) is 12.2 Å². The molecule has 1 unspecified atom stereocenters. The molecule has 1 fully saturated rings. The van der Waals surface area contributed by atoms with Gasteiger partial charge in [-0.2, -0.15) is 0 Å². The summed E-state index contributed by atoms with van der Waals surface area (Å²) in [6.45, 7) is 3.05. The average Bonchev–Trinajstić information content (AvgIpc) is 3.06. The first-order valence-corrected chi connectivity index (χ1v) is 6.93. The summed E-state index contributed by atoms with van der Waals surface area (Å²) in [6.07, 6.45) is 10.4. The van der Waals surface area contributed by atoms with Crippen LogP contribution in [0.15, 0.2) is 6.33 Å². The average molecular weight is 236 g/mol. The van der Waals surface area contributed by atoms with E-state index in [0.717, 1.165) is 25.3 Å². The fourth-order valence-electron chi connectivity index (χ4n) is 2.51. The van der Waals surface area contributed by atoms with Gasteiger partial charge in [-0.25, -0.2) is 0 Å². The molecule has 0 bridgehead atoms. The first-order valence-electron chi connectivity index (χ1n) is 6.93. The highest BCUT2D eigenvalue weighted by atomic mass is 15.3. The molecule has 0 saturated heterocycles. The molecule has 2 N–H and O–H groups in total. The van der Waals surface area contributed by atoms with E-state index in [9.17, 15) is 0 Å². The second-order valence-electron chi connectivity index (χ2n) is 5.16. The topological polar surface area (TPSA) is 56.7 Å². The third-order valence-electron chi connectivity index (χ3n) is 3.64. The smallest absolute Gasteiger partial charge is 0.133 e. The molecule has 1 aromatic heterocycles. The van der Waals surface area contributed by atoms with E-state index in [1.807, 2.05) is 6.33 Å². The van der Waals surface area contributed by atoms with Crippen LogP contribution in [-0.4, -0.2) is 21.3 Å². The lowest BCUT2D eigenvalue weighted by Crippen LogP contribution is -2.11. The number of rotatable bonds is 8. The van der Waals surface area contributed by atoms with Crippen LogP contribution in [0.5, 0.6) is 0 Å². The molecule has 1 aliphatic carbocycles. The number of nitrogens with zero attached hydrogens (tertiary/aromatic N) is 3. The van der Waals surface area contributed by atoms with E-state index < -0.39 is 0 Å². The summed E-state index contributed by atoms with van der Waals surface area (Å²) in [4.78, 5) is 0. The van der Waals surface area contributed by atoms with E-state index in [2.05, 4.69) is 21.7 Å². The molecule has 0 radical (unpaired) electrons. The Bertz CT molecular complexity index is 324. The molecule has 1 heterocycles. The Morgan fingerprint density at radius 1 is 1.41 bits per heavy atom. The van der Waals surface area contributed by atoms with Crippen LogP contribution in [0.4, 0.5) is 0 Å². The maximum Gasteiger partial charge on any atom is 0.133 e. The Morgan fingerprint density at radius 2 is 2.24 bits per heavy atom. The minimum atomic E-state index is 0.694. The SMILES string of the molecule is CCCC(CCN)CCc1nncn1C1CC1. The van der Waals surface area contributed by atoms with Gasteiger partial charge in [0.2, 0.25) is 0 Å². The van der Waals surface area contributed by atoms with Gasteiger partial charge in [-0.05, 0) is 38.1 Å². The summed E-state index contributed by atoms with van der Waals surface area (Å²) >= 11 is 0. The Morgan fingerprint density at radius 3 is 2.88 bits per heavy atom. The Balaban J connectivity index is 1.84. The maximum atomic E-state index is 5.66. The summed E-state index contributed by atoms with van der Waals surface area (Å²) in [7, 11) is 0. The minimum Gasteiger partial charge on any atom is -0.330 e. The zero-order valence-electron chi connectivity index (χ0n) is 10.8. The number of hydrogen-bond acceptors (Lipinski definition) is 3. The first kappa shape index (κ1) is 12.6. The predicted molar refractivity (Wildman–Crippen MR) is 68.7 cm³/mol. The molecule has 17 heavy (non-hydrogen) atoms. The van der Waals surface area contributed by atoms with Gasteiger partial charge in [-0.3, -0.25) is 0 Å². The third-order valence-corrected chi connectivity index (χ3v) is 3.64. The van der Waals surface area contributed by atoms with Gasteiger partial charge in [0.05, 0.1) is 0 Å². The van der Waals surface area contributed by atoms with Crippen molar-refractivity contribution >= 4 is 0 Å². The van der Waals surface area contributed by atoms with Crippen molar-refractivity contribution in [3.05, 3.63) is 12.2 Å². The van der Waals surface area contributed by atoms with Crippen LogP contribution in [0.1, 0.15) is 57.3 Å². The monoisotopic (exact) mass is 236 g/mol. The fourth-order valence-corrected chi connectivity index (χ4v) is 2.51. The van der Waals surface area contributed by atoms with E-state index in [1.54, 1.807) is 0 Å². The molecule has 96 valence electrons. The van der Waals surface area contributed by atoms with Gasteiger partial charge in [0, 0.05) is 12.5 Å². The molecule has 1 aromatic rings. The van der Waals surface area contributed by atoms with Crippen molar-refractivity contribution in [1.29, 1.82) is 0 Å². The molecule has 4 heteroatoms. The van der Waals surface area contributed by atoms with Gasteiger partial charge in [-0.1, -0.05) is 19.8 Å². The lowest BCUT2D eigenvalue weighted by atomic mass is 9.94. The number of hydrogen-bond donors (Lipinski definition) is 1. The molecule has 1 atom stereocenters. The molecule has 0 amide bonds.